The van der Waals surface area contributed by atoms with Gasteiger partial charge in [-0.15, -0.1) is 0 Å². The molecule has 1 saturated heterocycles. The van der Waals surface area contributed by atoms with Crippen molar-refractivity contribution in [3.63, 3.8) is 0 Å². The highest BCUT2D eigenvalue weighted by molar-refractivity contribution is 5.83. The Hall–Kier alpha value is -2.47. The van der Waals surface area contributed by atoms with Crippen LogP contribution in [0.5, 0.6) is 0 Å². The van der Waals surface area contributed by atoms with E-state index >= 15 is 0 Å². The van der Waals surface area contributed by atoms with E-state index in [4.69, 9.17) is 4.98 Å². The fourth-order valence-corrected chi connectivity index (χ4v) is 4.76. The largest absolute Gasteiger partial charge is 0.342 e. The van der Waals surface area contributed by atoms with Crippen molar-refractivity contribution < 1.29 is 4.79 Å². The number of hydrogen-bond acceptors (Lipinski definition) is 4. The first-order valence-corrected chi connectivity index (χ1v) is 11.5. The van der Waals surface area contributed by atoms with Crippen molar-refractivity contribution in [2.45, 2.75) is 71.4 Å². The van der Waals surface area contributed by atoms with Gasteiger partial charge in [-0.25, -0.2) is 4.98 Å². The average Bonchev–Trinajstić information content (AvgIpc) is 2.78. The predicted octanol–water partition coefficient (Wildman–Crippen LogP) is 3.35. The van der Waals surface area contributed by atoms with Crippen LogP contribution in [0.4, 0.5) is 0 Å². The van der Waals surface area contributed by atoms with E-state index in [-0.39, 0.29) is 23.3 Å². The number of amides is 1. The van der Waals surface area contributed by atoms with Gasteiger partial charge in [0.25, 0.3) is 5.56 Å². The summed E-state index contributed by atoms with van der Waals surface area (Å²) in [4.78, 5) is 38.0. The van der Waals surface area contributed by atoms with Crippen LogP contribution in [-0.4, -0.2) is 51.4 Å². The minimum Gasteiger partial charge on any atom is -0.342 e. The lowest BCUT2D eigenvalue weighted by Gasteiger charge is -2.34. The van der Waals surface area contributed by atoms with Crippen molar-refractivity contribution in [3.8, 4) is 0 Å². The fourth-order valence-electron chi connectivity index (χ4n) is 4.76. The molecule has 6 heteroatoms. The molecule has 0 bridgehead atoms. The number of likely N-dealkylation sites (tertiary alicyclic amines) is 1. The molecule has 0 radical (unpaired) electrons. The van der Waals surface area contributed by atoms with Crippen LogP contribution in [-0.2, 0) is 17.8 Å². The zero-order valence-corrected chi connectivity index (χ0v) is 19.1. The zero-order valence-electron chi connectivity index (χ0n) is 19.1. The number of nitrogens with zero attached hydrogens (tertiary/aromatic N) is 3. The molecule has 0 aliphatic carbocycles. The van der Waals surface area contributed by atoms with Crippen molar-refractivity contribution in [1.29, 1.82) is 0 Å². The lowest BCUT2D eigenvalue weighted by atomic mass is 9.93. The Bertz CT molecular complexity index is 988. The number of aryl methyl sites for hydroxylation is 1. The van der Waals surface area contributed by atoms with E-state index < -0.39 is 0 Å². The normalized spacial score (nSPS) is 18.8. The molecule has 2 aliphatic rings. The van der Waals surface area contributed by atoms with Crippen molar-refractivity contribution in [2.24, 2.45) is 0 Å². The third kappa shape index (κ3) is 4.59. The maximum Gasteiger partial charge on any atom is 0.254 e. The Kier molecular flexibility index (Phi) is 6.28. The molecule has 2 aromatic rings. The Morgan fingerprint density at radius 2 is 1.77 bits per heavy atom. The summed E-state index contributed by atoms with van der Waals surface area (Å²) in [7, 11) is 0. The van der Waals surface area contributed by atoms with E-state index in [1.165, 1.54) is 5.56 Å². The first-order valence-electron chi connectivity index (χ1n) is 11.5. The Balaban J connectivity index is 1.42. The first-order chi connectivity index (χ1) is 14.8. The van der Waals surface area contributed by atoms with Crippen molar-refractivity contribution in [2.75, 3.05) is 19.6 Å². The molecule has 31 heavy (non-hydrogen) atoms. The lowest BCUT2D eigenvalue weighted by molar-refractivity contribution is -0.133. The molecule has 1 unspecified atom stereocenters. The molecular formula is C25H34N4O2. The average molecular weight is 423 g/mol. The number of carbonyl (C=O) groups is 1. The van der Waals surface area contributed by atoms with Gasteiger partial charge in [-0.3, -0.25) is 14.5 Å². The summed E-state index contributed by atoms with van der Waals surface area (Å²) in [5.74, 6) is 1.04. The second kappa shape index (κ2) is 8.95. The first kappa shape index (κ1) is 21.8. The summed E-state index contributed by atoms with van der Waals surface area (Å²) in [5.41, 5.74) is 4.07. The van der Waals surface area contributed by atoms with E-state index in [0.29, 0.717) is 19.1 Å². The van der Waals surface area contributed by atoms with Crippen LogP contribution in [0.3, 0.4) is 0 Å². The highest BCUT2D eigenvalue weighted by atomic mass is 16.2. The lowest BCUT2D eigenvalue weighted by Crippen LogP contribution is -2.41. The van der Waals surface area contributed by atoms with Crippen LogP contribution in [0.1, 0.15) is 73.7 Å². The highest BCUT2D eigenvalue weighted by Crippen LogP contribution is 2.28. The quantitative estimate of drug-likeness (QED) is 0.820. The SMILES string of the molecule is Cc1ccc(C(C)C(=O)N2CCC(c3nc4c(c(=O)[nH]3)CCN(C(C)C)C4)CC2)cc1. The van der Waals surface area contributed by atoms with Gasteiger partial charge in [0.1, 0.15) is 5.82 Å². The van der Waals surface area contributed by atoms with Gasteiger partial charge in [-0.1, -0.05) is 29.8 Å². The van der Waals surface area contributed by atoms with E-state index in [9.17, 15) is 9.59 Å². The van der Waals surface area contributed by atoms with Crippen LogP contribution >= 0.6 is 0 Å². The number of aromatic amines is 1. The summed E-state index contributed by atoms with van der Waals surface area (Å²) >= 11 is 0. The number of fused-ring (bicyclic) bond motifs is 1. The topological polar surface area (TPSA) is 69.3 Å². The number of piperidine rings is 1. The zero-order chi connectivity index (χ0) is 22.1. The standard InChI is InChI=1S/C25H34N4O2/c1-16(2)29-14-11-21-22(15-29)26-23(27-24(21)30)20-9-12-28(13-10-20)25(31)18(4)19-7-5-17(3)6-8-19/h5-8,16,18,20H,9-15H2,1-4H3,(H,26,27,30). The van der Waals surface area contributed by atoms with Gasteiger partial charge in [0, 0.05) is 43.7 Å². The van der Waals surface area contributed by atoms with Gasteiger partial charge in [-0.05, 0) is 52.5 Å². The Morgan fingerprint density at radius 1 is 1.10 bits per heavy atom. The third-order valence-electron chi connectivity index (χ3n) is 6.99. The molecule has 1 aromatic carbocycles. The maximum atomic E-state index is 13.0. The molecule has 4 rings (SSSR count). The van der Waals surface area contributed by atoms with Crippen LogP contribution in [0.2, 0.25) is 0 Å². The number of hydrogen-bond donors (Lipinski definition) is 1. The third-order valence-corrected chi connectivity index (χ3v) is 6.99. The van der Waals surface area contributed by atoms with Gasteiger partial charge in [0.05, 0.1) is 11.6 Å². The van der Waals surface area contributed by atoms with Crippen LogP contribution in [0.25, 0.3) is 0 Å². The molecule has 0 spiro atoms. The molecule has 2 aliphatic heterocycles. The maximum absolute atomic E-state index is 13.0. The molecule has 6 nitrogen and oxygen atoms in total. The van der Waals surface area contributed by atoms with Crippen LogP contribution in [0, 0.1) is 6.92 Å². The van der Waals surface area contributed by atoms with Gasteiger partial charge in [0.2, 0.25) is 5.91 Å². The smallest absolute Gasteiger partial charge is 0.254 e. The molecule has 1 aromatic heterocycles. The molecule has 3 heterocycles. The number of aromatic nitrogens is 2. The van der Waals surface area contributed by atoms with Gasteiger partial charge in [0.15, 0.2) is 0 Å². The van der Waals surface area contributed by atoms with Crippen LogP contribution < -0.4 is 5.56 Å². The summed E-state index contributed by atoms with van der Waals surface area (Å²) < 4.78 is 0. The Morgan fingerprint density at radius 3 is 2.42 bits per heavy atom. The number of benzene rings is 1. The summed E-state index contributed by atoms with van der Waals surface area (Å²) in [6, 6.07) is 8.66. The monoisotopic (exact) mass is 422 g/mol. The van der Waals surface area contributed by atoms with Gasteiger partial charge in [-0.2, -0.15) is 0 Å². The number of H-pyrrole nitrogens is 1. The predicted molar refractivity (Wildman–Crippen MR) is 122 cm³/mol. The molecular weight excluding hydrogens is 388 g/mol. The molecule has 1 amide bonds. The van der Waals surface area contributed by atoms with Gasteiger partial charge >= 0.3 is 0 Å². The summed E-state index contributed by atoms with van der Waals surface area (Å²) in [5, 5.41) is 0. The van der Waals surface area contributed by atoms with Crippen molar-refractivity contribution >= 4 is 5.91 Å². The van der Waals surface area contributed by atoms with Crippen LogP contribution in [0.15, 0.2) is 29.1 Å². The minimum atomic E-state index is -0.138. The molecule has 1 atom stereocenters. The number of carbonyl (C=O) groups excluding carboxylic acids is 1. The molecule has 0 saturated carbocycles. The van der Waals surface area contributed by atoms with Crippen molar-refractivity contribution in [3.05, 3.63) is 62.8 Å². The van der Waals surface area contributed by atoms with Crippen molar-refractivity contribution in [1.82, 2.24) is 19.8 Å². The van der Waals surface area contributed by atoms with E-state index in [1.807, 2.05) is 24.0 Å². The summed E-state index contributed by atoms with van der Waals surface area (Å²) in [6.07, 6.45) is 2.43. The second-order valence-corrected chi connectivity index (χ2v) is 9.42. The Labute approximate surface area is 184 Å². The highest BCUT2D eigenvalue weighted by Gasteiger charge is 2.30. The molecule has 1 fully saturated rings. The van der Waals surface area contributed by atoms with E-state index in [2.05, 4.69) is 42.8 Å². The minimum absolute atomic E-state index is 0.0231. The molecule has 166 valence electrons. The van der Waals surface area contributed by atoms with E-state index in [0.717, 1.165) is 55.0 Å². The number of nitrogens with one attached hydrogen (secondary N) is 1. The number of rotatable bonds is 4. The van der Waals surface area contributed by atoms with Gasteiger partial charge < -0.3 is 9.88 Å². The fraction of sp³-hybridized carbons (Fsp3) is 0.560. The van der Waals surface area contributed by atoms with E-state index in [1.54, 1.807) is 0 Å². The summed E-state index contributed by atoms with van der Waals surface area (Å²) in [6.45, 7) is 11.5. The second-order valence-electron chi connectivity index (χ2n) is 9.42. The molecule has 1 N–H and O–H groups in total.